The maximum Gasteiger partial charge on any atom is 0.416 e. The van der Waals surface area contributed by atoms with Gasteiger partial charge in [0.15, 0.2) is 0 Å². The van der Waals surface area contributed by atoms with Gasteiger partial charge in [-0.2, -0.15) is 13.2 Å². The fourth-order valence-electron chi connectivity index (χ4n) is 1.93. The van der Waals surface area contributed by atoms with E-state index in [-0.39, 0.29) is 0 Å². The average Bonchev–Trinajstić information content (AvgIpc) is 2.76. The summed E-state index contributed by atoms with van der Waals surface area (Å²) in [6, 6.07) is 2.08. The van der Waals surface area contributed by atoms with Gasteiger partial charge in [-0.25, -0.2) is 4.98 Å². The van der Waals surface area contributed by atoms with E-state index in [0.717, 1.165) is 18.6 Å². The maximum absolute atomic E-state index is 12.5. The van der Waals surface area contributed by atoms with E-state index in [2.05, 4.69) is 4.98 Å². The summed E-state index contributed by atoms with van der Waals surface area (Å²) in [6.45, 7) is 1.39. The second kappa shape index (κ2) is 4.72. The lowest BCUT2D eigenvalue weighted by atomic mass is 10.2. The third kappa shape index (κ3) is 2.83. The molecule has 1 unspecified atom stereocenters. The first-order valence-electron chi connectivity index (χ1n) is 5.35. The van der Waals surface area contributed by atoms with Crippen LogP contribution in [0.4, 0.5) is 19.0 Å². The summed E-state index contributed by atoms with van der Waals surface area (Å²) < 4.78 is 37.6. The highest BCUT2D eigenvalue weighted by Gasteiger charge is 2.32. The van der Waals surface area contributed by atoms with E-state index in [1.54, 1.807) is 0 Å². The summed E-state index contributed by atoms with van der Waals surface area (Å²) in [7, 11) is 0. The minimum atomic E-state index is -4.32. The Bertz CT molecular complexity index is 395. The summed E-state index contributed by atoms with van der Waals surface area (Å²) >= 11 is 5.74. The second-order valence-corrected chi connectivity index (χ2v) is 4.46. The molecule has 2 heterocycles. The van der Waals surface area contributed by atoms with Crippen LogP contribution in [0.15, 0.2) is 18.3 Å². The van der Waals surface area contributed by atoms with Gasteiger partial charge in [0.1, 0.15) is 5.82 Å². The molecule has 1 atom stereocenters. The largest absolute Gasteiger partial charge is 0.416 e. The molecule has 2 nitrogen and oxygen atoms in total. The third-order valence-corrected chi connectivity index (χ3v) is 3.34. The van der Waals surface area contributed by atoms with Crippen molar-refractivity contribution in [1.82, 2.24) is 4.98 Å². The Morgan fingerprint density at radius 3 is 2.82 bits per heavy atom. The molecule has 94 valence electrons. The van der Waals surface area contributed by atoms with Crippen molar-refractivity contribution in [2.75, 3.05) is 23.9 Å². The van der Waals surface area contributed by atoms with Crippen molar-refractivity contribution in [3.63, 3.8) is 0 Å². The van der Waals surface area contributed by atoms with Gasteiger partial charge in [-0.3, -0.25) is 0 Å². The normalized spacial score (nSPS) is 20.9. The van der Waals surface area contributed by atoms with Crippen molar-refractivity contribution in [1.29, 1.82) is 0 Å². The quantitative estimate of drug-likeness (QED) is 0.763. The van der Waals surface area contributed by atoms with E-state index in [1.165, 1.54) is 6.20 Å². The van der Waals surface area contributed by atoms with Gasteiger partial charge in [-0.05, 0) is 24.5 Å². The molecule has 1 fully saturated rings. The Morgan fingerprint density at radius 2 is 2.24 bits per heavy atom. The zero-order chi connectivity index (χ0) is 12.5. The molecule has 0 amide bonds. The first-order chi connectivity index (χ1) is 8.00. The van der Waals surface area contributed by atoms with Crippen LogP contribution in [-0.4, -0.2) is 24.0 Å². The van der Waals surface area contributed by atoms with E-state index >= 15 is 0 Å². The van der Waals surface area contributed by atoms with E-state index in [9.17, 15) is 13.2 Å². The van der Waals surface area contributed by atoms with Crippen molar-refractivity contribution >= 4 is 17.4 Å². The second-order valence-electron chi connectivity index (χ2n) is 4.16. The Labute approximate surface area is 102 Å². The molecule has 6 heteroatoms. The van der Waals surface area contributed by atoms with E-state index in [0.29, 0.717) is 30.7 Å². The van der Waals surface area contributed by atoms with Gasteiger partial charge < -0.3 is 4.90 Å². The molecule has 0 N–H and O–H groups in total. The Hall–Kier alpha value is -0.970. The topological polar surface area (TPSA) is 16.1 Å². The number of aromatic nitrogens is 1. The first-order valence-corrected chi connectivity index (χ1v) is 5.88. The Balaban J connectivity index is 2.17. The van der Waals surface area contributed by atoms with Gasteiger partial charge in [0.25, 0.3) is 0 Å². The number of nitrogens with zero attached hydrogens (tertiary/aromatic N) is 2. The number of pyridine rings is 1. The van der Waals surface area contributed by atoms with Crippen LogP contribution in [0.1, 0.15) is 12.0 Å². The van der Waals surface area contributed by atoms with Gasteiger partial charge in [0.05, 0.1) is 5.56 Å². The van der Waals surface area contributed by atoms with E-state index in [4.69, 9.17) is 11.6 Å². The van der Waals surface area contributed by atoms with Crippen LogP contribution in [0, 0.1) is 5.92 Å². The van der Waals surface area contributed by atoms with Gasteiger partial charge in [0.2, 0.25) is 0 Å². The molecule has 1 aromatic rings. The molecular weight excluding hydrogens is 253 g/mol. The molecule has 0 saturated carbocycles. The molecule has 17 heavy (non-hydrogen) atoms. The molecular formula is C11H12ClF3N2. The van der Waals surface area contributed by atoms with Crippen LogP contribution in [0.3, 0.4) is 0 Å². The van der Waals surface area contributed by atoms with Crippen molar-refractivity contribution in [3.8, 4) is 0 Å². The summed E-state index contributed by atoms with van der Waals surface area (Å²) in [6.07, 6.45) is -2.21. The Kier molecular flexibility index (Phi) is 3.47. The molecule has 0 bridgehead atoms. The lowest BCUT2D eigenvalue weighted by Crippen LogP contribution is -2.21. The number of halogens is 4. The van der Waals surface area contributed by atoms with Crippen molar-refractivity contribution in [2.24, 2.45) is 5.92 Å². The van der Waals surface area contributed by atoms with Crippen LogP contribution in [-0.2, 0) is 6.18 Å². The lowest BCUT2D eigenvalue weighted by Gasteiger charge is -2.18. The fraction of sp³-hybridized carbons (Fsp3) is 0.545. The highest BCUT2D eigenvalue weighted by atomic mass is 35.5. The predicted molar refractivity (Wildman–Crippen MR) is 60.3 cm³/mol. The molecule has 1 aliphatic heterocycles. The first kappa shape index (κ1) is 12.5. The minimum absolute atomic E-state index is 0.341. The molecule has 1 aliphatic rings. The standard InChI is InChI=1S/C11H12ClF3N2/c12-6-8-2-4-17(7-8)10-5-9(1-3-16-10)11(13,14)15/h1,3,5,8H,2,4,6-7H2. The highest BCUT2D eigenvalue weighted by Crippen LogP contribution is 2.32. The van der Waals surface area contributed by atoms with Crippen molar-refractivity contribution < 1.29 is 13.2 Å². The third-order valence-electron chi connectivity index (χ3n) is 2.90. The molecule has 2 rings (SSSR count). The summed E-state index contributed by atoms with van der Waals surface area (Å²) in [5.74, 6) is 1.26. The molecule has 0 spiro atoms. The monoisotopic (exact) mass is 264 g/mol. The van der Waals surface area contributed by atoms with E-state index < -0.39 is 11.7 Å². The number of alkyl halides is 4. The molecule has 0 aromatic carbocycles. The summed E-state index contributed by atoms with van der Waals surface area (Å²) in [4.78, 5) is 5.84. The predicted octanol–water partition coefficient (Wildman–Crippen LogP) is 3.17. The summed E-state index contributed by atoms with van der Waals surface area (Å²) in [5, 5.41) is 0. The number of hydrogen-bond donors (Lipinski definition) is 0. The number of anilines is 1. The number of hydrogen-bond acceptors (Lipinski definition) is 2. The van der Waals surface area contributed by atoms with Gasteiger partial charge in [-0.1, -0.05) is 0 Å². The van der Waals surface area contributed by atoms with Crippen LogP contribution in [0.5, 0.6) is 0 Å². The zero-order valence-corrected chi connectivity index (χ0v) is 9.80. The van der Waals surface area contributed by atoms with Gasteiger partial charge >= 0.3 is 6.18 Å². The summed E-state index contributed by atoms with van der Waals surface area (Å²) in [5.41, 5.74) is -0.656. The van der Waals surface area contributed by atoms with E-state index in [1.807, 2.05) is 4.90 Å². The smallest absolute Gasteiger partial charge is 0.356 e. The van der Waals surface area contributed by atoms with Gasteiger partial charge in [-0.15, -0.1) is 11.6 Å². The zero-order valence-electron chi connectivity index (χ0n) is 9.04. The SMILES string of the molecule is FC(F)(F)c1ccnc(N2CCC(CCl)C2)c1. The van der Waals surface area contributed by atoms with Crippen molar-refractivity contribution in [3.05, 3.63) is 23.9 Å². The highest BCUT2D eigenvalue weighted by molar-refractivity contribution is 6.18. The molecule has 0 aliphatic carbocycles. The molecule has 0 radical (unpaired) electrons. The van der Waals surface area contributed by atoms with Crippen LogP contribution < -0.4 is 4.90 Å². The fourth-order valence-corrected chi connectivity index (χ4v) is 2.19. The molecule has 1 aromatic heterocycles. The lowest BCUT2D eigenvalue weighted by molar-refractivity contribution is -0.137. The average molecular weight is 265 g/mol. The number of rotatable bonds is 2. The van der Waals surface area contributed by atoms with Gasteiger partial charge in [0, 0.05) is 25.2 Å². The maximum atomic E-state index is 12.5. The minimum Gasteiger partial charge on any atom is -0.356 e. The molecule has 1 saturated heterocycles. The van der Waals surface area contributed by atoms with Crippen LogP contribution in [0.2, 0.25) is 0 Å². The Morgan fingerprint density at radius 1 is 1.47 bits per heavy atom. The van der Waals surface area contributed by atoms with Crippen LogP contribution in [0.25, 0.3) is 0 Å². The van der Waals surface area contributed by atoms with Crippen molar-refractivity contribution in [2.45, 2.75) is 12.6 Å². The van der Waals surface area contributed by atoms with Crippen LogP contribution >= 0.6 is 11.6 Å².